The zero-order chi connectivity index (χ0) is 47.1. The topological polar surface area (TPSA) is 40.1 Å². The summed E-state index contributed by atoms with van der Waals surface area (Å²) in [6, 6.07) is 58.0. The quantitative estimate of drug-likeness (QED) is 0.152. The normalized spacial score (nSPS) is 15.1. The van der Waals surface area contributed by atoms with Gasteiger partial charge in [-0.3, -0.25) is 0 Å². The molecule has 7 heteroatoms. The maximum atomic E-state index is 6.97. The SMILES string of the molecule is CC(C)(C)c1ccnc(-n2c3ccc(C4CCCCC4)cc3c3ccc(Oc4cccc(-n5[c](=[Pt])n(-c6c(-c7ccccc7)c7c8c(c6-c6ccccc6)CCN8CCC7)c6ccccc65)c4)cc32)c1. The van der Waals surface area contributed by atoms with Crippen LogP contribution in [-0.4, -0.2) is 31.8 Å². The number of ether oxygens (including phenoxy) is 1. The molecule has 0 radical (unpaired) electrons. The van der Waals surface area contributed by atoms with Gasteiger partial charge in [-0.05, 0) is 41.4 Å². The van der Waals surface area contributed by atoms with E-state index in [1.807, 2.05) is 6.20 Å². The van der Waals surface area contributed by atoms with Crippen molar-refractivity contribution in [1.29, 1.82) is 0 Å². The van der Waals surface area contributed by atoms with E-state index in [0.29, 0.717) is 5.92 Å². The Hall–Kier alpha value is -6.75. The summed E-state index contributed by atoms with van der Waals surface area (Å²) < 4.78 is 15.4. The summed E-state index contributed by atoms with van der Waals surface area (Å²) in [5, 5.41) is 2.49. The molecule has 70 heavy (non-hydrogen) atoms. The van der Waals surface area contributed by atoms with Crippen LogP contribution < -0.4 is 9.64 Å². The van der Waals surface area contributed by atoms with E-state index in [9.17, 15) is 0 Å². The van der Waals surface area contributed by atoms with E-state index in [1.54, 1.807) is 0 Å². The van der Waals surface area contributed by atoms with Gasteiger partial charge in [0.2, 0.25) is 0 Å². The fraction of sp³-hybridized carbons (Fsp3) is 0.238. The fourth-order valence-corrected chi connectivity index (χ4v) is 13.3. The van der Waals surface area contributed by atoms with Crippen LogP contribution >= 0.6 is 0 Å². The van der Waals surface area contributed by atoms with Crippen molar-refractivity contribution in [2.75, 3.05) is 18.0 Å². The molecule has 6 nitrogen and oxygen atoms in total. The van der Waals surface area contributed by atoms with Gasteiger partial charge in [0.15, 0.2) is 0 Å². The Kier molecular flexibility index (Phi) is 10.7. The third kappa shape index (κ3) is 7.24. The van der Waals surface area contributed by atoms with Gasteiger partial charge in [-0.2, -0.15) is 0 Å². The van der Waals surface area contributed by atoms with Gasteiger partial charge in [0.1, 0.15) is 0 Å². The van der Waals surface area contributed by atoms with Gasteiger partial charge in [0.25, 0.3) is 0 Å². The molecule has 0 N–H and O–H groups in total. The second-order valence-electron chi connectivity index (χ2n) is 20.8. The minimum absolute atomic E-state index is 0.0145. The van der Waals surface area contributed by atoms with Crippen molar-refractivity contribution in [3.05, 3.63) is 190 Å². The molecule has 13 rings (SSSR count). The molecule has 1 aliphatic carbocycles. The zero-order valence-electron chi connectivity index (χ0n) is 40.2. The molecule has 3 aliphatic rings. The van der Waals surface area contributed by atoms with E-state index < -0.39 is 0 Å². The van der Waals surface area contributed by atoms with Crippen LogP contribution in [0.5, 0.6) is 11.5 Å². The number of benzene rings is 7. The average Bonchev–Trinajstić information content (AvgIpc) is 4.06. The number of imidazole rings is 1. The number of para-hydroxylation sites is 2. The number of aromatic nitrogens is 4. The molecule has 1 saturated carbocycles. The monoisotopic (exact) mass is 1090 g/mol. The first-order chi connectivity index (χ1) is 34.3. The predicted molar refractivity (Wildman–Crippen MR) is 284 cm³/mol. The Balaban J connectivity index is 0.964. The van der Waals surface area contributed by atoms with Crippen molar-refractivity contribution in [2.45, 2.75) is 83.5 Å². The number of nitrogens with zero attached hydrogens (tertiary/aromatic N) is 5. The number of pyridine rings is 1. The second kappa shape index (κ2) is 17.3. The van der Waals surface area contributed by atoms with Crippen LogP contribution in [0, 0.1) is 3.80 Å². The molecule has 0 saturated heterocycles. The van der Waals surface area contributed by atoms with Gasteiger partial charge in [0.05, 0.1) is 0 Å². The molecule has 3 aromatic heterocycles. The first-order valence-corrected chi connectivity index (χ1v) is 26.5. The molecule has 0 bridgehead atoms. The van der Waals surface area contributed by atoms with Crippen LogP contribution in [0.25, 0.3) is 72.3 Å². The first kappa shape index (κ1) is 43.3. The van der Waals surface area contributed by atoms with Crippen LogP contribution in [0.1, 0.15) is 87.5 Å². The molecule has 0 atom stereocenters. The summed E-state index contributed by atoms with van der Waals surface area (Å²) in [5.74, 6) is 3.11. The van der Waals surface area contributed by atoms with Crippen LogP contribution in [0.15, 0.2) is 164 Å². The van der Waals surface area contributed by atoms with Gasteiger partial charge in [-0.1, -0.05) is 46.1 Å². The summed E-state index contributed by atoms with van der Waals surface area (Å²) in [6.07, 6.45) is 11.7. The van der Waals surface area contributed by atoms with E-state index in [-0.39, 0.29) is 5.41 Å². The van der Waals surface area contributed by atoms with Crippen molar-refractivity contribution in [1.82, 2.24) is 18.7 Å². The van der Waals surface area contributed by atoms with Crippen molar-refractivity contribution < 1.29 is 24.1 Å². The zero-order valence-corrected chi connectivity index (χ0v) is 42.5. The molecule has 2 aliphatic heterocycles. The van der Waals surface area contributed by atoms with Crippen molar-refractivity contribution >= 4 is 38.5 Å². The van der Waals surface area contributed by atoms with E-state index in [2.05, 4.69) is 216 Å². The van der Waals surface area contributed by atoms with Crippen molar-refractivity contribution in [3.8, 4) is 50.9 Å². The van der Waals surface area contributed by atoms with E-state index in [0.717, 1.165) is 70.2 Å². The van der Waals surface area contributed by atoms with Gasteiger partial charge in [-0.15, -0.1) is 0 Å². The Bertz CT molecular complexity index is 3720. The summed E-state index contributed by atoms with van der Waals surface area (Å²) in [4.78, 5) is 7.68. The Morgan fingerprint density at radius 1 is 0.543 bits per heavy atom. The Morgan fingerprint density at radius 3 is 1.99 bits per heavy atom. The molecular formula is C63H57N5OPt. The summed E-state index contributed by atoms with van der Waals surface area (Å²) in [6.45, 7) is 8.99. The first-order valence-electron chi connectivity index (χ1n) is 25.4. The number of hydrogen-bond acceptors (Lipinski definition) is 3. The summed E-state index contributed by atoms with van der Waals surface area (Å²) >= 11 is 2.59. The predicted octanol–water partition coefficient (Wildman–Crippen LogP) is 15.8. The van der Waals surface area contributed by atoms with E-state index in [4.69, 9.17) is 9.72 Å². The van der Waals surface area contributed by atoms with Crippen LogP contribution in [0.3, 0.4) is 0 Å². The number of fused-ring (bicyclic) bond motifs is 4. The number of rotatable bonds is 8. The summed E-state index contributed by atoms with van der Waals surface area (Å²) in [5.41, 5.74) is 19.2. The Morgan fingerprint density at radius 2 is 1.24 bits per heavy atom. The van der Waals surface area contributed by atoms with Gasteiger partial charge >= 0.3 is 330 Å². The maximum absolute atomic E-state index is 6.97. The van der Waals surface area contributed by atoms with Crippen LogP contribution in [0.4, 0.5) is 5.69 Å². The second-order valence-corrected chi connectivity index (χ2v) is 21.8. The van der Waals surface area contributed by atoms with E-state index >= 15 is 0 Å². The fourth-order valence-electron chi connectivity index (χ4n) is 12.2. The third-order valence-electron chi connectivity index (χ3n) is 15.5. The minimum atomic E-state index is -0.0145. The molecule has 5 heterocycles. The molecule has 1 fully saturated rings. The standard InChI is InChI=1S/C63H57N5O.Pt/c1-63(2,3)46-32-34-64-58(38-46)68-54-31-28-45(42-17-7-4-8-18-42)37-53(54)50-30-29-49(40-57(50)68)69-48-24-15-23-47(39-48)66-41-67(56-27-14-13-26-55(56)66)62-59(43-19-9-5-10-20-43)51-25-16-35-65-36-33-52(61(51)65)60(62)44-21-11-6-12-22-44;/h5-6,9-15,19-24,26-32,34,37-40,42H,4,7-8,16-18,25,33,35-36H2,1-3H3;. The number of anilines is 1. The van der Waals surface area contributed by atoms with Gasteiger partial charge in [-0.25, -0.2) is 0 Å². The molecule has 10 aromatic rings. The van der Waals surface area contributed by atoms with E-state index in [1.165, 1.54) is 110 Å². The third-order valence-corrected chi connectivity index (χ3v) is 16.5. The molecular weight excluding hydrogens is 1040 g/mol. The number of hydrogen-bond donors (Lipinski definition) is 0. The van der Waals surface area contributed by atoms with Gasteiger partial charge < -0.3 is 0 Å². The molecule has 0 spiro atoms. The van der Waals surface area contributed by atoms with Crippen molar-refractivity contribution in [3.63, 3.8) is 0 Å². The molecule has 0 amide bonds. The average molecular weight is 1100 g/mol. The molecule has 0 unspecified atom stereocenters. The van der Waals surface area contributed by atoms with Crippen molar-refractivity contribution in [2.24, 2.45) is 0 Å². The molecule has 350 valence electrons. The van der Waals surface area contributed by atoms with Crippen LogP contribution in [-0.2, 0) is 37.6 Å². The summed E-state index contributed by atoms with van der Waals surface area (Å²) in [7, 11) is 0. The van der Waals surface area contributed by atoms with Gasteiger partial charge in [0, 0.05) is 6.20 Å². The van der Waals surface area contributed by atoms with Crippen LogP contribution in [0.2, 0.25) is 0 Å². The Labute approximate surface area is 421 Å². The molecule has 7 aromatic carbocycles.